The van der Waals surface area contributed by atoms with Crippen molar-refractivity contribution < 1.29 is 18.1 Å². The molecule has 3 aliphatic heterocycles. The van der Waals surface area contributed by atoms with Crippen LogP contribution in [0.1, 0.15) is 55.7 Å². The van der Waals surface area contributed by atoms with E-state index in [-0.39, 0.29) is 35.4 Å². The molecule has 176 valence electrons. The van der Waals surface area contributed by atoms with Crippen molar-refractivity contribution in [1.29, 1.82) is 0 Å². The smallest absolute Gasteiger partial charge is 0.302 e. The molecule has 2 unspecified atom stereocenters. The summed E-state index contributed by atoms with van der Waals surface area (Å²) in [4.78, 5) is 11.0. The third-order valence-electron chi connectivity index (χ3n) is 7.75. The average molecular weight is 495 g/mol. The first kappa shape index (κ1) is 21.7. The van der Waals surface area contributed by atoms with Gasteiger partial charge in [0.2, 0.25) is 5.95 Å². The molecular formula is C23H25ClF2N4O2S. The van der Waals surface area contributed by atoms with Crippen molar-refractivity contribution in [3.05, 3.63) is 40.5 Å². The summed E-state index contributed by atoms with van der Waals surface area (Å²) in [7, 11) is -1.89. The molecule has 2 saturated carbocycles. The van der Waals surface area contributed by atoms with E-state index < -0.39 is 33.7 Å². The number of fused-ring (bicyclic) bond motifs is 3. The lowest BCUT2D eigenvalue weighted by atomic mass is 9.71. The highest BCUT2D eigenvalue weighted by Gasteiger charge is 2.52. The molecule has 1 aromatic heterocycles. The molecule has 2 aliphatic carbocycles. The standard InChI is InChI=1S/C23H25ClF2N4O2S/c24-15-4-2-13(3-5-15)14-8-16-10-17(9-14)30(16)21-27-19-18(33(32)12-23(19,25)26)20(28-21)29-22(11-31)6-1-7-22/h2-5,14,16-17,31H,1,6-12H2,(H,27,28,29)/t14?,16?,17?,33-/m0/s1. The maximum atomic E-state index is 14.8. The van der Waals surface area contributed by atoms with Gasteiger partial charge in [-0.3, -0.25) is 4.21 Å². The zero-order chi connectivity index (χ0) is 23.0. The third kappa shape index (κ3) is 3.46. The molecule has 2 N–H and O–H groups in total. The molecule has 3 atom stereocenters. The normalized spacial score (nSPS) is 30.8. The first-order valence-electron chi connectivity index (χ1n) is 11.4. The minimum atomic E-state index is -3.26. The zero-order valence-corrected chi connectivity index (χ0v) is 19.5. The van der Waals surface area contributed by atoms with Crippen molar-refractivity contribution in [2.24, 2.45) is 0 Å². The van der Waals surface area contributed by atoms with Crippen molar-refractivity contribution in [2.45, 2.75) is 72.9 Å². The molecule has 2 saturated heterocycles. The molecule has 0 radical (unpaired) electrons. The lowest BCUT2D eigenvalue weighted by molar-refractivity contribution is 0.0189. The van der Waals surface area contributed by atoms with Gasteiger partial charge in [-0.1, -0.05) is 23.7 Å². The highest BCUT2D eigenvalue weighted by molar-refractivity contribution is 7.85. The van der Waals surface area contributed by atoms with Gasteiger partial charge in [0.25, 0.3) is 0 Å². The molecule has 5 aliphatic rings. The number of benzene rings is 1. The summed E-state index contributed by atoms with van der Waals surface area (Å²) in [6.07, 6.45) is 5.15. The SMILES string of the molecule is O=[S@]1CC(F)(F)c2nc(N3C4CC(c5ccc(Cl)cc5)CC3C4)nc(NC3(CO)CCC3)c21. The number of piperidine rings is 1. The summed E-state index contributed by atoms with van der Waals surface area (Å²) in [5.41, 5.74) is 0.217. The highest BCUT2D eigenvalue weighted by Crippen LogP contribution is 2.50. The van der Waals surface area contributed by atoms with Crippen LogP contribution in [0.25, 0.3) is 0 Å². The van der Waals surface area contributed by atoms with Gasteiger partial charge in [-0.05, 0) is 62.1 Å². The van der Waals surface area contributed by atoms with Gasteiger partial charge in [-0.2, -0.15) is 13.8 Å². The van der Waals surface area contributed by atoms with Crippen LogP contribution in [0.3, 0.4) is 0 Å². The molecule has 4 fully saturated rings. The number of nitrogens with one attached hydrogen (secondary N) is 1. The fourth-order valence-corrected chi connectivity index (χ4v) is 7.25. The Morgan fingerprint density at radius 1 is 1.15 bits per heavy atom. The molecule has 7 rings (SSSR count). The molecule has 6 nitrogen and oxygen atoms in total. The molecule has 2 bridgehead atoms. The summed E-state index contributed by atoms with van der Waals surface area (Å²) in [6, 6.07) is 8.25. The number of nitrogens with zero attached hydrogens (tertiary/aromatic N) is 3. The van der Waals surface area contributed by atoms with Gasteiger partial charge in [0.05, 0.1) is 28.7 Å². The maximum Gasteiger partial charge on any atom is 0.302 e. The van der Waals surface area contributed by atoms with Crippen LogP contribution in [-0.4, -0.2) is 49.3 Å². The quantitative estimate of drug-likeness (QED) is 0.649. The highest BCUT2D eigenvalue weighted by atomic mass is 35.5. The van der Waals surface area contributed by atoms with E-state index in [1.807, 2.05) is 12.1 Å². The van der Waals surface area contributed by atoms with Crippen LogP contribution in [0.15, 0.2) is 29.2 Å². The van der Waals surface area contributed by atoms with Gasteiger partial charge in [-0.25, -0.2) is 4.98 Å². The van der Waals surface area contributed by atoms with E-state index in [0.717, 1.165) is 38.5 Å². The molecule has 0 spiro atoms. The maximum absolute atomic E-state index is 14.8. The van der Waals surface area contributed by atoms with E-state index in [1.165, 1.54) is 5.56 Å². The van der Waals surface area contributed by atoms with Crippen molar-refractivity contribution in [1.82, 2.24) is 9.97 Å². The number of alkyl halides is 2. The van der Waals surface area contributed by atoms with E-state index >= 15 is 0 Å². The summed E-state index contributed by atoms with van der Waals surface area (Å²) >= 11 is 6.03. The Labute approximate surface area is 198 Å². The molecule has 4 heterocycles. The number of aliphatic hydroxyl groups is 1. The number of halogens is 3. The Kier molecular flexibility index (Phi) is 4.98. The minimum Gasteiger partial charge on any atom is -0.394 e. The summed E-state index contributed by atoms with van der Waals surface area (Å²) < 4.78 is 42.1. The summed E-state index contributed by atoms with van der Waals surface area (Å²) in [5.74, 6) is -3.17. The number of anilines is 2. The second kappa shape index (κ2) is 7.58. The van der Waals surface area contributed by atoms with E-state index in [1.54, 1.807) is 0 Å². The largest absolute Gasteiger partial charge is 0.394 e. The molecule has 0 amide bonds. The summed E-state index contributed by atoms with van der Waals surface area (Å²) in [5, 5.41) is 13.8. The van der Waals surface area contributed by atoms with Gasteiger partial charge >= 0.3 is 5.92 Å². The number of aliphatic hydroxyl groups excluding tert-OH is 1. The molecule has 10 heteroatoms. The zero-order valence-electron chi connectivity index (χ0n) is 17.9. The van der Waals surface area contributed by atoms with Crippen molar-refractivity contribution in [3.8, 4) is 0 Å². The predicted octanol–water partition coefficient (Wildman–Crippen LogP) is 4.19. The van der Waals surface area contributed by atoms with E-state index in [4.69, 9.17) is 11.6 Å². The van der Waals surface area contributed by atoms with Crippen LogP contribution < -0.4 is 10.2 Å². The molecular weight excluding hydrogens is 470 g/mol. The first-order valence-corrected chi connectivity index (χ1v) is 13.1. The predicted molar refractivity (Wildman–Crippen MR) is 123 cm³/mol. The van der Waals surface area contributed by atoms with Gasteiger partial charge in [0.1, 0.15) is 16.4 Å². The fourth-order valence-electron chi connectivity index (χ4n) is 5.79. The molecule has 2 aromatic rings. The topological polar surface area (TPSA) is 78.4 Å². The number of hydrogen-bond donors (Lipinski definition) is 2. The number of rotatable bonds is 5. The molecule has 33 heavy (non-hydrogen) atoms. The number of aromatic nitrogens is 2. The van der Waals surface area contributed by atoms with Gasteiger partial charge in [0, 0.05) is 17.1 Å². The van der Waals surface area contributed by atoms with Gasteiger partial charge < -0.3 is 15.3 Å². The first-order chi connectivity index (χ1) is 15.8. The number of hydrogen-bond acceptors (Lipinski definition) is 6. The van der Waals surface area contributed by atoms with Crippen LogP contribution in [0.4, 0.5) is 20.5 Å². The Morgan fingerprint density at radius 3 is 2.45 bits per heavy atom. The van der Waals surface area contributed by atoms with Crippen LogP contribution in [0.5, 0.6) is 0 Å². The van der Waals surface area contributed by atoms with E-state index in [2.05, 4.69) is 32.3 Å². The van der Waals surface area contributed by atoms with E-state index in [0.29, 0.717) is 10.9 Å². The van der Waals surface area contributed by atoms with Crippen molar-refractivity contribution in [3.63, 3.8) is 0 Å². The van der Waals surface area contributed by atoms with Crippen LogP contribution in [0.2, 0.25) is 5.02 Å². The fraction of sp³-hybridized carbons (Fsp3) is 0.565. The lowest BCUT2D eigenvalue weighted by Gasteiger charge is -2.55. The van der Waals surface area contributed by atoms with Gasteiger partial charge in [0.15, 0.2) is 0 Å². The average Bonchev–Trinajstić information content (AvgIpc) is 2.99. The van der Waals surface area contributed by atoms with E-state index in [9.17, 15) is 18.1 Å². The monoisotopic (exact) mass is 494 g/mol. The Bertz CT molecular complexity index is 1110. The Balaban J connectivity index is 1.33. The lowest BCUT2D eigenvalue weighted by Crippen LogP contribution is -2.61. The third-order valence-corrected chi connectivity index (χ3v) is 9.47. The van der Waals surface area contributed by atoms with Crippen molar-refractivity contribution >= 4 is 34.2 Å². The van der Waals surface area contributed by atoms with Crippen molar-refractivity contribution in [2.75, 3.05) is 22.6 Å². The molecule has 1 aromatic carbocycles. The minimum absolute atomic E-state index is 0.00630. The second-order valence-corrected chi connectivity index (χ2v) is 11.7. The second-order valence-electron chi connectivity index (χ2n) is 9.83. The van der Waals surface area contributed by atoms with Crippen LogP contribution in [0, 0.1) is 0 Å². The van der Waals surface area contributed by atoms with Crippen LogP contribution in [-0.2, 0) is 16.7 Å². The van der Waals surface area contributed by atoms with Crippen LogP contribution >= 0.6 is 11.6 Å². The Morgan fingerprint density at radius 2 is 1.85 bits per heavy atom. The summed E-state index contributed by atoms with van der Waals surface area (Å²) in [6.45, 7) is -0.123. The van der Waals surface area contributed by atoms with Gasteiger partial charge in [-0.15, -0.1) is 0 Å². The Hall–Kier alpha value is -1.84.